The van der Waals surface area contributed by atoms with E-state index in [-0.39, 0.29) is 46.1 Å². The van der Waals surface area contributed by atoms with E-state index in [0.717, 1.165) is 0 Å². The van der Waals surface area contributed by atoms with Gasteiger partial charge in [0.2, 0.25) is 0 Å². The first-order valence-electron chi connectivity index (χ1n) is 3.33. The third kappa shape index (κ3) is 8.33. The van der Waals surface area contributed by atoms with Gasteiger partial charge in [-0.15, -0.1) is 0 Å². The fraction of sp³-hybridized carbons (Fsp3) is 0. The van der Waals surface area contributed by atoms with Crippen LogP contribution in [0.3, 0.4) is 0 Å². The zero-order valence-electron chi connectivity index (χ0n) is 7.19. The minimum Gasteiger partial charge on any atom is -0.214 e. The maximum absolute atomic E-state index is 2.00. The summed E-state index contributed by atoms with van der Waals surface area (Å²) in [5, 5.41) is 0. The SMILES string of the molecule is [Mg+2].[Mg].c1cc[cH-]c1.c1cc[cH-]c1. The van der Waals surface area contributed by atoms with Crippen molar-refractivity contribution in [1.29, 1.82) is 0 Å². The van der Waals surface area contributed by atoms with Crippen molar-refractivity contribution >= 4 is 46.1 Å². The summed E-state index contributed by atoms with van der Waals surface area (Å²) in [6.45, 7) is 0. The molecule has 0 saturated carbocycles. The summed E-state index contributed by atoms with van der Waals surface area (Å²) in [6, 6.07) is 20.0. The van der Waals surface area contributed by atoms with Crippen molar-refractivity contribution in [3.63, 3.8) is 0 Å². The Morgan fingerprint density at radius 3 is 0.917 bits per heavy atom. The predicted molar refractivity (Wildman–Crippen MR) is 55.6 cm³/mol. The molecule has 0 atom stereocenters. The van der Waals surface area contributed by atoms with Crippen LogP contribution >= 0.6 is 0 Å². The molecular weight excluding hydrogens is 169 g/mol. The summed E-state index contributed by atoms with van der Waals surface area (Å²) in [7, 11) is 0. The second kappa shape index (κ2) is 11.2. The van der Waals surface area contributed by atoms with Gasteiger partial charge in [-0.25, -0.2) is 24.3 Å². The van der Waals surface area contributed by atoms with E-state index in [1.807, 2.05) is 60.7 Å². The molecule has 0 N–H and O–H groups in total. The topological polar surface area (TPSA) is 0 Å². The molecule has 54 valence electrons. The van der Waals surface area contributed by atoms with Crippen LogP contribution < -0.4 is 0 Å². The van der Waals surface area contributed by atoms with Crippen molar-refractivity contribution < 1.29 is 0 Å². The van der Waals surface area contributed by atoms with E-state index in [2.05, 4.69) is 0 Å². The van der Waals surface area contributed by atoms with E-state index < -0.39 is 0 Å². The molecule has 0 spiro atoms. The molecule has 2 aromatic carbocycles. The monoisotopic (exact) mass is 178 g/mol. The van der Waals surface area contributed by atoms with Crippen molar-refractivity contribution in [2.45, 2.75) is 0 Å². The summed E-state index contributed by atoms with van der Waals surface area (Å²) < 4.78 is 0. The van der Waals surface area contributed by atoms with E-state index in [1.54, 1.807) is 0 Å². The van der Waals surface area contributed by atoms with Gasteiger partial charge in [0, 0.05) is 23.1 Å². The molecule has 0 saturated heterocycles. The van der Waals surface area contributed by atoms with Crippen molar-refractivity contribution in [2.24, 2.45) is 0 Å². The molecule has 12 heavy (non-hydrogen) atoms. The molecule has 0 aliphatic rings. The quantitative estimate of drug-likeness (QED) is 0.428. The molecule has 0 amide bonds. The molecule has 2 radical (unpaired) electrons. The Morgan fingerprint density at radius 1 is 0.583 bits per heavy atom. The van der Waals surface area contributed by atoms with E-state index >= 15 is 0 Å². The van der Waals surface area contributed by atoms with Crippen LogP contribution in [-0.4, -0.2) is 46.1 Å². The Balaban J connectivity index is 0. The minimum absolute atomic E-state index is 0. The summed E-state index contributed by atoms with van der Waals surface area (Å²) in [5.74, 6) is 0. The molecule has 0 heterocycles. The second-order valence-electron chi connectivity index (χ2n) is 1.92. The van der Waals surface area contributed by atoms with Crippen LogP contribution in [0.15, 0.2) is 60.7 Å². The molecule has 0 unspecified atom stereocenters. The third-order valence-electron chi connectivity index (χ3n) is 1.11. The smallest absolute Gasteiger partial charge is 0.214 e. The molecule has 0 fully saturated rings. The molecule has 0 bridgehead atoms. The Kier molecular flexibility index (Phi) is 13.8. The number of rotatable bonds is 0. The normalized spacial score (nSPS) is 6.67. The molecule has 2 rings (SSSR count). The van der Waals surface area contributed by atoms with Gasteiger partial charge in [0.05, 0.1) is 0 Å². The Labute approximate surface area is 106 Å². The Bertz CT molecular complexity index is 147. The van der Waals surface area contributed by atoms with Crippen molar-refractivity contribution in [3.05, 3.63) is 60.7 Å². The molecule has 0 aromatic heterocycles. The van der Waals surface area contributed by atoms with Crippen LogP contribution in [-0.2, 0) is 0 Å². The van der Waals surface area contributed by atoms with Crippen LogP contribution in [0.4, 0.5) is 0 Å². The van der Waals surface area contributed by atoms with Gasteiger partial charge in [-0.05, 0) is 0 Å². The van der Waals surface area contributed by atoms with Gasteiger partial charge in [0.15, 0.2) is 0 Å². The third-order valence-corrected chi connectivity index (χ3v) is 1.11. The van der Waals surface area contributed by atoms with Crippen molar-refractivity contribution in [3.8, 4) is 0 Å². The van der Waals surface area contributed by atoms with Crippen molar-refractivity contribution in [2.75, 3.05) is 0 Å². The fourth-order valence-corrected chi connectivity index (χ4v) is 0.642. The van der Waals surface area contributed by atoms with E-state index in [1.165, 1.54) is 0 Å². The zero-order valence-corrected chi connectivity index (χ0v) is 10.0. The van der Waals surface area contributed by atoms with E-state index in [0.29, 0.717) is 0 Å². The molecule has 2 heteroatoms. The van der Waals surface area contributed by atoms with Crippen LogP contribution in [0.5, 0.6) is 0 Å². The average Bonchev–Trinajstić information content (AvgIpc) is 2.67. The van der Waals surface area contributed by atoms with Crippen LogP contribution in [0.2, 0.25) is 0 Å². The van der Waals surface area contributed by atoms with Crippen LogP contribution in [0.1, 0.15) is 0 Å². The second-order valence-corrected chi connectivity index (χ2v) is 1.92. The summed E-state index contributed by atoms with van der Waals surface area (Å²) in [5.41, 5.74) is 0. The standard InChI is InChI=1S/2C5H5.2Mg/c2*1-2-4-5-3-1;;/h2*1-5H;;/q2*-1;;+2. The fourth-order valence-electron chi connectivity index (χ4n) is 0.642. The predicted octanol–water partition coefficient (Wildman–Crippen LogP) is 2.05. The van der Waals surface area contributed by atoms with Gasteiger partial charge in [-0.3, -0.25) is 0 Å². The minimum atomic E-state index is 0. The zero-order chi connectivity index (χ0) is 7.07. The van der Waals surface area contributed by atoms with E-state index in [9.17, 15) is 0 Å². The Hall–Kier alpha value is 0.232. The van der Waals surface area contributed by atoms with Gasteiger partial charge < -0.3 is 0 Å². The van der Waals surface area contributed by atoms with E-state index in [4.69, 9.17) is 0 Å². The molecular formula is C10H10Mg2. The molecule has 0 nitrogen and oxygen atoms in total. The first kappa shape index (κ1) is 14.7. The Morgan fingerprint density at radius 2 is 0.833 bits per heavy atom. The molecule has 0 aliphatic heterocycles. The maximum Gasteiger partial charge on any atom is 2.00 e. The van der Waals surface area contributed by atoms with Crippen molar-refractivity contribution in [1.82, 2.24) is 0 Å². The molecule has 2 aromatic rings. The number of hydrogen-bond donors (Lipinski definition) is 0. The van der Waals surface area contributed by atoms with Gasteiger partial charge >= 0.3 is 23.1 Å². The van der Waals surface area contributed by atoms with Gasteiger partial charge in [0.25, 0.3) is 0 Å². The molecule has 0 aliphatic carbocycles. The van der Waals surface area contributed by atoms with Crippen LogP contribution in [0, 0.1) is 0 Å². The van der Waals surface area contributed by atoms with Crippen LogP contribution in [0.25, 0.3) is 0 Å². The average molecular weight is 179 g/mol. The maximum atomic E-state index is 2.00. The first-order valence-corrected chi connectivity index (χ1v) is 3.33. The van der Waals surface area contributed by atoms with Gasteiger partial charge in [0.1, 0.15) is 0 Å². The summed E-state index contributed by atoms with van der Waals surface area (Å²) >= 11 is 0. The summed E-state index contributed by atoms with van der Waals surface area (Å²) in [4.78, 5) is 0. The first-order chi connectivity index (χ1) is 5.00. The number of hydrogen-bond acceptors (Lipinski definition) is 0. The summed E-state index contributed by atoms with van der Waals surface area (Å²) in [6.07, 6.45) is 0. The largest absolute Gasteiger partial charge is 2.00 e. The van der Waals surface area contributed by atoms with Gasteiger partial charge in [-0.2, -0.15) is 36.4 Å². The van der Waals surface area contributed by atoms with Gasteiger partial charge in [-0.1, -0.05) is 0 Å².